The Labute approximate surface area is 548 Å². The summed E-state index contributed by atoms with van der Waals surface area (Å²) in [6, 6.07) is 42.0. The van der Waals surface area contributed by atoms with Gasteiger partial charge in [0.15, 0.2) is 11.6 Å². The number of hydrogen-bond donors (Lipinski definition) is 8. The second-order valence-corrected chi connectivity index (χ2v) is 14.8. The van der Waals surface area contributed by atoms with Gasteiger partial charge in [-0.05, 0) is 23.3 Å². The average Bonchev–Trinajstić information content (AvgIpc) is 3.52. The minimum absolute atomic E-state index is 0. The first-order valence-corrected chi connectivity index (χ1v) is 23.5. The number of carbonyl (C=O) groups excluding carboxylic acids is 2. The number of ketones is 2. The second kappa shape index (κ2) is 65.9. The summed E-state index contributed by atoms with van der Waals surface area (Å²) in [5, 5.41) is 175. The van der Waals surface area contributed by atoms with Gasteiger partial charge in [-0.3, -0.25) is 19.4 Å². The first-order chi connectivity index (χ1) is 39.1. The quantitative estimate of drug-likeness (QED) is 0.0152. The van der Waals surface area contributed by atoms with Crippen molar-refractivity contribution in [2.45, 2.75) is 38.8 Å². The molecule has 0 atom stereocenters. The third-order valence-corrected chi connectivity index (χ3v) is 9.29. The van der Waals surface area contributed by atoms with Gasteiger partial charge in [0, 0.05) is 65.0 Å². The Morgan fingerprint density at radius 3 is 0.750 bits per heavy atom. The molecule has 0 heterocycles. The normalized spacial score (nSPS) is 9.62. The summed E-state index contributed by atoms with van der Waals surface area (Å²) in [5.41, 5.74) is -0.473. The zero-order valence-corrected chi connectivity index (χ0v) is 50.3. The summed E-state index contributed by atoms with van der Waals surface area (Å²) in [5.74, 6) is -1.06. The van der Waals surface area contributed by atoms with Crippen molar-refractivity contribution in [3.8, 4) is 24.3 Å². The van der Waals surface area contributed by atoms with Crippen LogP contribution in [0, 0.1) is 152 Å². The van der Waals surface area contributed by atoms with Gasteiger partial charge in [0.1, 0.15) is 0 Å². The van der Waals surface area contributed by atoms with Crippen molar-refractivity contribution in [1.29, 1.82) is 21.0 Å². The molecule has 84 heavy (non-hydrogen) atoms. The van der Waals surface area contributed by atoms with Crippen LogP contribution in [0.3, 0.4) is 0 Å². The van der Waals surface area contributed by atoms with Gasteiger partial charge in [-0.1, -0.05) is 133 Å². The number of β-amino-alcohol motifs (C(OH)–C–C–N with tert-alkyl or cyclic N) is 4. The topological polar surface area (TPSA) is 522 Å². The predicted octanol–water partition coefficient (Wildman–Crippen LogP) is -1.10. The smallest absolute Gasteiger partial charge is 0.872 e. The van der Waals surface area contributed by atoms with Crippen LogP contribution >= 0.6 is 0 Å². The number of allylic oxidation sites excluding steroid dienone is 2. The van der Waals surface area contributed by atoms with Crippen LogP contribution in [0.15, 0.2) is 133 Å². The molecule has 28 nitrogen and oxygen atoms in total. The first kappa shape index (κ1) is 94.1. The maximum absolute atomic E-state index is 11.8. The van der Waals surface area contributed by atoms with E-state index < -0.39 is 60.9 Å². The van der Waals surface area contributed by atoms with Gasteiger partial charge >= 0.3 is 76.3 Å². The Morgan fingerprint density at radius 1 is 0.440 bits per heavy atom. The molecule has 0 aliphatic carbocycles. The van der Waals surface area contributed by atoms with Crippen LogP contribution in [0.5, 0.6) is 0 Å². The first-order valence-electron chi connectivity index (χ1n) is 23.5. The van der Waals surface area contributed by atoms with Gasteiger partial charge in [-0.15, -0.1) is 13.2 Å². The average molecular weight is 1480 g/mol. The van der Waals surface area contributed by atoms with Crippen molar-refractivity contribution in [1.82, 2.24) is 9.80 Å². The number of benzene rings is 4. The number of nitriles is 4. The van der Waals surface area contributed by atoms with Crippen LogP contribution < -0.4 is 20.4 Å². The monoisotopic (exact) mass is 1480 g/mol. The molecule has 466 valence electrons. The maximum atomic E-state index is 11.8. The third kappa shape index (κ3) is 50.3. The van der Waals surface area contributed by atoms with Crippen molar-refractivity contribution < 1.29 is 157 Å². The van der Waals surface area contributed by atoms with Crippen LogP contribution in [-0.4, -0.2) is 176 Å². The molecular formula is C54H70Dy2N8O20. The van der Waals surface area contributed by atoms with Gasteiger partial charge in [-0.2, -0.15) is 21.0 Å². The van der Waals surface area contributed by atoms with E-state index in [-0.39, 0.29) is 152 Å². The van der Waals surface area contributed by atoms with Crippen molar-refractivity contribution in [2.24, 2.45) is 0 Å². The van der Waals surface area contributed by atoms with E-state index in [2.05, 4.69) is 0 Å². The summed E-state index contributed by atoms with van der Waals surface area (Å²) in [6.45, 7) is 2.19. The molecule has 4 rings (SSSR count). The van der Waals surface area contributed by atoms with E-state index in [1.807, 2.05) is 24.3 Å². The fraction of sp³-hybridized carbons (Fsp3) is 0.370. The molecule has 0 saturated heterocycles. The Bertz CT molecular complexity index is 2230. The summed E-state index contributed by atoms with van der Waals surface area (Å²) in [6.07, 6.45) is 2.26. The molecule has 0 aliphatic rings. The van der Waals surface area contributed by atoms with Crippen molar-refractivity contribution in [3.05, 3.63) is 186 Å². The van der Waals surface area contributed by atoms with Crippen LogP contribution in [0.2, 0.25) is 0 Å². The molecule has 0 fully saturated rings. The molecule has 8 N–H and O–H groups in total. The van der Waals surface area contributed by atoms with E-state index in [4.69, 9.17) is 92.5 Å². The molecule has 2 radical (unpaired) electrons. The minimum atomic E-state index is -1.75. The standard InChI is InChI=1S/2C15H12O2.2C8H18NO5.4C2H3N.2Dy.2NO3/c2*16-14(12-7-3-1-4-8-12)11-15(17)13-9-5-2-6-10-13;2*10-3-1-9(2-4-11)8(5-12,6-13)7-14;4*1-2-3;;;2*2-1(3)4/h2*1-11,16H;2*10-13H,1-7H2;4*1H3;;;;/q;;2*-1;;;;;2*+3;2*-1/p-2/b2*14-11-;;;;;;;;;;. The molecular weight excluding hydrogens is 1410 g/mol. The number of hydrogen-bond acceptors (Lipinski definition) is 26. The molecule has 0 bridgehead atoms. The van der Waals surface area contributed by atoms with Crippen molar-refractivity contribution >= 4 is 23.1 Å². The van der Waals surface area contributed by atoms with Crippen molar-refractivity contribution in [3.63, 3.8) is 0 Å². The number of nitrogens with zero attached hydrogens (tertiary/aromatic N) is 8. The Hall–Kier alpha value is -6.27. The zero-order chi connectivity index (χ0) is 64.2. The van der Waals surface area contributed by atoms with Crippen LogP contribution in [-0.2, 0) is 0 Å². The number of aliphatic hydroxyl groups is 8. The van der Waals surface area contributed by atoms with Crippen LogP contribution in [0.1, 0.15) is 59.5 Å². The zero-order valence-electron chi connectivity index (χ0n) is 46.3. The summed E-state index contributed by atoms with van der Waals surface area (Å²) in [4.78, 5) is 42.8. The molecule has 4 aromatic rings. The number of rotatable bonds is 22. The summed E-state index contributed by atoms with van der Waals surface area (Å²) in [7, 11) is 0. The Morgan fingerprint density at radius 2 is 0.607 bits per heavy atom. The fourth-order valence-corrected chi connectivity index (χ4v) is 5.50. The number of carbonyl (C=O) groups is 2. The Balaban J connectivity index is -0.000000137. The van der Waals surface area contributed by atoms with Gasteiger partial charge in [0.05, 0.1) is 98.4 Å². The third-order valence-electron chi connectivity index (χ3n) is 9.29. The predicted molar refractivity (Wildman–Crippen MR) is 291 cm³/mol. The van der Waals surface area contributed by atoms with Gasteiger partial charge in [0.25, 0.3) is 0 Å². The van der Waals surface area contributed by atoms with Crippen LogP contribution in [0.25, 0.3) is 11.5 Å². The fourth-order valence-electron chi connectivity index (χ4n) is 5.50. The summed E-state index contributed by atoms with van der Waals surface area (Å²) >= 11 is 0. The molecule has 0 saturated carbocycles. The molecule has 0 aromatic heterocycles. The minimum Gasteiger partial charge on any atom is -0.872 e. The second-order valence-electron chi connectivity index (χ2n) is 14.8. The Kier molecular flexibility index (Phi) is 73.8. The molecule has 0 unspecified atom stereocenters. The molecule has 4 aromatic carbocycles. The number of aliphatic hydroxyl groups excluding tert-OH is 8. The van der Waals surface area contributed by atoms with E-state index in [9.17, 15) is 30.0 Å². The van der Waals surface area contributed by atoms with Gasteiger partial charge in [0.2, 0.25) is 0 Å². The molecule has 0 aliphatic heterocycles. The van der Waals surface area contributed by atoms with E-state index in [1.165, 1.54) is 37.5 Å². The maximum Gasteiger partial charge on any atom is 3.00 e. The summed E-state index contributed by atoms with van der Waals surface area (Å²) < 4.78 is 0. The van der Waals surface area contributed by atoms with E-state index in [1.54, 1.807) is 121 Å². The van der Waals surface area contributed by atoms with Gasteiger partial charge < -0.3 is 91.9 Å². The van der Waals surface area contributed by atoms with Crippen LogP contribution in [0.4, 0.5) is 0 Å². The largest absolute Gasteiger partial charge is 3.00 e. The van der Waals surface area contributed by atoms with E-state index >= 15 is 0 Å². The molecule has 0 spiro atoms. The molecule has 30 heteroatoms. The SMILES string of the molecule is CC#N.CC#N.CC#N.CC#N.O=C(/C=C(\[O-])c1ccccc1)c1ccccc1.O=C(/C=C(\[O-])c1ccccc1)c1ccccc1.O=[N+]([O-])[O-].O=[N+]([O-])[O-].[Dy+3].[Dy+3].[O-]CC(CO)(CO)N(CCO)CCO.[O-]CC(CO)(CO)N(CCO)CCO. The van der Waals surface area contributed by atoms with E-state index in [0.29, 0.717) is 22.3 Å². The van der Waals surface area contributed by atoms with Crippen molar-refractivity contribution in [2.75, 3.05) is 92.2 Å². The molecule has 0 amide bonds. The van der Waals surface area contributed by atoms with Gasteiger partial charge in [-0.25, -0.2) is 0 Å². The van der Waals surface area contributed by atoms with E-state index in [0.717, 1.165) is 12.2 Å².